The first-order valence-electron chi connectivity index (χ1n) is 7.58. The van der Waals surface area contributed by atoms with Crippen molar-refractivity contribution in [1.82, 2.24) is 9.97 Å². The molecule has 0 aliphatic heterocycles. The Bertz CT molecular complexity index is 789. The minimum Gasteiger partial charge on any atom is -0.503 e. The van der Waals surface area contributed by atoms with Gasteiger partial charge in [0.15, 0.2) is 11.5 Å². The molecule has 0 saturated carbocycles. The van der Waals surface area contributed by atoms with Gasteiger partial charge in [-0.1, -0.05) is 13.3 Å². The third-order valence-electron chi connectivity index (χ3n) is 3.04. The summed E-state index contributed by atoms with van der Waals surface area (Å²) >= 11 is 3.27. The normalized spacial score (nSPS) is 11.0. The van der Waals surface area contributed by atoms with Crippen LogP contribution < -0.4 is 15.7 Å². The maximum absolute atomic E-state index is 11.6. The number of halogens is 1. The second-order valence-electron chi connectivity index (χ2n) is 4.99. The van der Waals surface area contributed by atoms with Gasteiger partial charge in [0.2, 0.25) is 5.95 Å². The second-order valence-corrected chi connectivity index (χ2v) is 5.84. The Morgan fingerprint density at radius 3 is 2.92 bits per heavy atom. The van der Waals surface area contributed by atoms with E-state index in [0.29, 0.717) is 28.1 Å². The Labute approximate surface area is 147 Å². The van der Waals surface area contributed by atoms with Gasteiger partial charge in [-0.25, -0.2) is 10.4 Å². The molecule has 2 aromatic rings. The number of rotatable bonds is 7. The van der Waals surface area contributed by atoms with Gasteiger partial charge in [0.05, 0.1) is 17.3 Å². The molecular weight excluding hydrogens is 376 g/mol. The highest BCUT2D eigenvalue weighted by atomic mass is 79.9. The molecule has 0 aliphatic carbocycles. The molecule has 0 unspecified atom stereocenters. The van der Waals surface area contributed by atoms with Crippen LogP contribution in [0.2, 0.25) is 0 Å². The zero-order chi connectivity index (χ0) is 17.5. The minimum absolute atomic E-state index is 0.0419. The first-order valence-corrected chi connectivity index (χ1v) is 8.37. The summed E-state index contributed by atoms with van der Waals surface area (Å²) in [5.41, 5.74) is 3.90. The lowest BCUT2D eigenvalue weighted by molar-refractivity contribution is 0.317. The highest BCUT2D eigenvalue weighted by Gasteiger charge is 2.08. The van der Waals surface area contributed by atoms with Crippen LogP contribution in [0.1, 0.15) is 31.5 Å². The topological polar surface area (TPSA) is 99.6 Å². The first-order chi connectivity index (χ1) is 11.5. The molecule has 1 heterocycles. The number of hydrogen-bond donors (Lipinski definition) is 3. The molecule has 1 aromatic carbocycles. The molecule has 128 valence electrons. The van der Waals surface area contributed by atoms with E-state index in [1.165, 1.54) is 6.07 Å². The summed E-state index contributed by atoms with van der Waals surface area (Å²) in [6, 6.07) is 4.84. The Hall–Kier alpha value is -2.35. The van der Waals surface area contributed by atoms with Crippen LogP contribution in [-0.4, -0.2) is 27.9 Å². The van der Waals surface area contributed by atoms with E-state index in [1.807, 2.05) is 13.8 Å². The summed E-state index contributed by atoms with van der Waals surface area (Å²) in [5, 5.41) is 13.9. The highest BCUT2D eigenvalue weighted by Crippen LogP contribution is 2.35. The number of aromatic hydroxyl groups is 1. The SMILES string of the molecule is CCCc1cc(=O)[nH]c(N/N=C/c2cc(Br)c(O)c(OCC)c2)n1. The number of hydrogen-bond acceptors (Lipinski definition) is 6. The van der Waals surface area contributed by atoms with Gasteiger partial charge in [0, 0.05) is 11.8 Å². The lowest BCUT2D eigenvalue weighted by atomic mass is 10.2. The molecule has 8 heteroatoms. The van der Waals surface area contributed by atoms with Crippen LogP contribution in [0.25, 0.3) is 0 Å². The summed E-state index contributed by atoms with van der Waals surface area (Å²) in [6.07, 6.45) is 3.17. The lowest BCUT2D eigenvalue weighted by Gasteiger charge is -2.08. The predicted molar refractivity (Wildman–Crippen MR) is 97.0 cm³/mol. The van der Waals surface area contributed by atoms with Crippen molar-refractivity contribution in [3.63, 3.8) is 0 Å². The molecule has 3 N–H and O–H groups in total. The number of H-pyrrole nitrogens is 1. The average Bonchev–Trinajstić information content (AvgIpc) is 2.52. The fourth-order valence-electron chi connectivity index (χ4n) is 2.05. The van der Waals surface area contributed by atoms with Crippen molar-refractivity contribution < 1.29 is 9.84 Å². The van der Waals surface area contributed by atoms with E-state index in [-0.39, 0.29) is 17.3 Å². The average molecular weight is 395 g/mol. The molecule has 1 aromatic heterocycles. The molecular formula is C16H19BrN4O3. The molecule has 0 atom stereocenters. The maximum Gasteiger partial charge on any atom is 0.252 e. The summed E-state index contributed by atoms with van der Waals surface area (Å²) in [4.78, 5) is 18.4. The smallest absolute Gasteiger partial charge is 0.252 e. The molecule has 0 aliphatic rings. The number of aromatic amines is 1. The molecule has 0 bridgehead atoms. The summed E-state index contributed by atoms with van der Waals surface area (Å²) in [5.74, 6) is 0.690. The summed E-state index contributed by atoms with van der Waals surface area (Å²) in [6.45, 7) is 4.29. The number of nitrogens with one attached hydrogen (secondary N) is 2. The number of aromatic nitrogens is 2. The largest absolute Gasteiger partial charge is 0.503 e. The van der Waals surface area contributed by atoms with Gasteiger partial charge < -0.3 is 9.84 Å². The van der Waals surface area contributed by atoms with E-state index in [1.54, 1.807) is 18.3 Å². The number of phenols is 1. The quantitative estimate of drug-likeness (QED) is 0.494. The number of hydrazone groups is 1. The lowest BCUT2D eigenvalue weighted by Crippen LogP contribution is -2.12. The standard InChI is InChI=1S/C16H19BrN4O3/c1-3-5-11-8-14(22)20-16(19-11)21-18-9-10-6-12(17)15(23)13(7-10)24-4-2/h6-9,23H,3-5H2,1-2H3,(H2,19,20,21,22)/b18-9+. The van der Waals surface area contributed by atoms with Crippen molar-refractivity contribution in [3.8, 4) is 11.5 Å². The van der Waals surface area contributed by atoms with Crippen molar-refractivity contribution in [1.29, 1.82) is 0 Å². The molecule has 0 fully saturated rings. The third-order valence-corrected chi connectivity index (χ3v) is 3.64. The van der Waals surface area contributed by atoms with E-state index in [4.69, 9.17) is 4.74 Å². The predicted octanol–water partition coefficient (Wildman–Crippen LogP) is 3.04. The van der Waals surface area contributed by atoms with E-state index in [0.717, 1.165) is 12.8 Å². The number of anilines is 1. The number of aryl methyl sites for hydroxylation is 1. The van der Waals surface area contributed by atoms with Crippen LogP contribution in [0.4, 0.5) is 5.95 Å². The number of phenolic OH excluding ortho intramolecular Hbond substituents is 1. The van der Waals surface area contributed by atoms with Crippen molar-refractivity contribution in [2.75, 3.05) is 12.0 Å². The fraction of sp³-hybridized carbons (Fsp3) is 0.312. The summed E-state index contributed by atoms with van der Waals surface area (Å²) in [7, 11) is 0. The van der Waals surface area contributed by atoms with Gasteiger partial charge >= 0.3 is 0 Å². The first kappa shape index (κ1) is 18.0. The number of benzene rings is 1. The van der Waals surface area contributed by atoms with E-state index in [2.05, 4.69) is 36.4 Å². The molecule has 0 radical (unpaired) electrons. The van der Waals surface area contributed by atoms with Gasteiger partial charge in [-0.3, -0.25) is 9.78 Å². The Morgan fingerprint density at radius 2 is 2.21 bits per heavy atom. The second kappa shape index (κ2) is 8.49. The monoisotopic (exact) mass is 394 g/mol. The number of nitrogens with zero attached hydrogens (tertiary/aromatic N) is 2. The van der Waals surface area contributed by atoms with Gasteiger partial charge in [0.25, 0.3) is 5.56 Å². The van der Waals surface area contributed by atoms with Crippen LogP contribution in [0.3, 0.4) is 0 Å². The third kappa shape index (κ3) is 4.82. The Morgan fingerprint density at radius 1 is 1.42 bits per heavy atom. The highest BCUT2D eigenvalue weighted by molar-refractivity contribution is 9.10. The van der Waals surface area contributed by atoms with Crippen LogP contribution in [0, 0.1) is 0 Å². The fourth-order valence-corrected chi connectivity index (χ4v) is 2.51. The zero-order valence-corrected chi connectivity index (χ0v) is 15.1. The van der Waals surface area contributed by atoms with Gasteiger partial charge in [0.1, 0.15) is 0 Å². The number of ether oxygens (including phenoxy) is 1. The van der Waals surface area contributed by atoms with Gasteiger partial charge in [-0.05, 0) is 47.0 Å². The molecule has 7 nitrogen and oxygen atoms in total. The molecule has 0 spiro atoms. The van der Waals surface area contributed by atoms with Crippen molar-refractivity contribution in [2.24, 2.45) is 5.10 Å². The van der Waals surface area contributed by atoms with E-state index < -0.39 is 0 Å². The molecule has 2 rings (SSSR count). The molecule has 0 saturated heterocycles. The van der Waals surface area contributed by atoms with Crippen LogP contribution in [-0.2, 0) is 6.42 Å². The maximum atomic E-state index is 11.6. The van der Waals surface area contributed by atoms with Gasteiger partial charge in [-0.15, -0.1) is 0 Å². The molecule has 24 heavy (non-hydrogen) atoms. The van der Waals surface area contributed by atoms with Crippen molar-refractivity contribution in [2.45, 2.75) is 26.7 Å². The van der Waals surface area contributed by atoms with Crippen LogP contribution >= 0.6 is 15.9 Å². The molecule has 0 amide bonds. The van der Waals surface area contributed by atoms with Crippen molar-refractivity contribution in [3.05, 3.63) is 44.3 Å². The summed E-state index contributed by atoms with van der Waals surface area (Å²) < 4.78 is 5.87. The van der Waals surface area contributed by atoms with Gasteiger partial charge in [-0.2, -0.15) is 5.10 Å². The Kier molecular flexibility index (Phi) is 6.36. The Balaban J connectivity index is 2.16. The van der Waals surface area contributed by atoms with Crippen LogP contribution in [0.15, 0.2) is 32.6 Å². The minimum atomic E-state index is -0.225. The zero-order valence-electron chi connectivity index (χ0n) is 13.5. The van der Waals surface area contributed by atoms with E-state index in [9.17, 15) is 9.90 Å². The van der Waals surface area contributed by atoms with Crippen molar-refractivity contribution >= 4 is 28.1 Å². The van der Waals surface area contributed by atoms with Crippen LogP contribution in [0.5, 0.6) is 11.5 Å². The van der Waals surface area contributed by atoms with E-state index >= 15 is 0 Å².